The molecule has 6 nitrogen and oxygen atoms in total. The van der Waals surface area contributed by atoms with Gasteiger partial charge in [-0.05, 0) is 35.7 Å². The number of amidine groups is 2. The minimum Gasteiger partial charge on any atom is -0.467 e. The van der Waals surface area contributed by atoms with Gasteiger partial charge in [0.1, 0.15) is 18.1 Å². The Kier molecular flexibility index (Phi) is 7.72. The number of nitrogens with zero attached hydrogens (tertiary/aromatic N) is 4. The van der Waals surface area contributed by atoms with Gasteiger partial charge in [-0.1, -0.05) is 146 Å². The fourth-order valence-electron chi connectivity index (χ4n) is 7.66. The predicted octanol–water partition coefficient (Wildman–Crippen LogP) is 7.96. The standard InChI is InChI=1S/C47H35N5O/c1-4-12-32(13-5-1)42-38-28-29-40-43(41(38)37-18-10-11-19-39(37)48-42)49-47(53-40)36-26-22-31(23-27-36)30-20-24-35(25-21-30)46-51-44(33-14-6-2-7-15-33)50-45(52-46)34-16-8-3-9-17-34/h1-16,18-28,34,40,45H,17,29H2,(H,50,51,52). The molecule has 5 aromatic carbocycles. The monoisotopic (exact) mass is 685 g/mol. The summed E-state index contributed by atoms with van der Waals surface area (Å²) in [5.41, 5.74) is 9.27. The fraction of sp³-hybridized carbons (Fsp3) is 0.106. The van der Waals surface area contributed by atoms with Crippen LogP contribution in [0, 0.1) is 5.92 Å². The van der Waals surface area contributed by atoms with Crippen molar-refractivity contribution in [1.29, 1.82) is 0 Å². The molecule has 53 heavy (non-hydrogen) atoms. The number of fused-ring (bicyclic) bond motifs is 4. The van der Waals surface area contributed by atoms with Crippen molar-refractivity contribution in [3.05, 3.63) is 185 Å². The van der Waals surface area contributed by atoms with Crippen LogP contribution in [0.4, 0.5) is 0 Å². The molecule has 254 valence electrons. The van der Waals surface area contributed by atoms with E-state index in [9.17, 15) is 0 Å². The van der Waals surface area contributed by atoms with Crippen LogP contribution in [-0.2, 0) is 4.74 Å². The third kappa shape index (κ3) is 5.78. The molecule has 4 aliphatic rings. The van der Waals surface area contributed by atoms with Crippen molar-refractivity contribution in [1.82, 2.24) is 10.3 Å². The Balaban J connectivity index is 0.949. The van der Waals surface area contributed by atoms with Crippen LogP contribution >= 0.6 is 0 Å². The second kappa shape index (κ2) is 13.1. The van der Waals surface area contributed by atoms with E-state index in [2.05, 4.69) is 139 Å². The summed E-state index contributed by atoms with van der Waals surface area (Å²) in [5, 5.41) is 6.98. The Hall–Kier alpha value is -6.66. The van der Waals surface area contributed by atoms with E-state index in [-0.39, 0.29) is 18.2 Å². The van der Waals surface area contributed by atoms with E-state index in [1.54, 1.807) is 0 Å². The highest BCUT2D eigenvalue weighted by atomic mass is 16.5. The van der Waals surface area contributed by atoms with Gasteiger partial charge in [0, 0.05) is 50.4 Å². The van der Waals surface area contributed by atoms with Gasteiger partial charge in [0.25, 0.3) is 0 Å². The van der Waals surface area contributed by atoms with E-state index >= 15 is 0 Å². The zero-order chi connectivity index (χ0) is 35.1. The summed E-state index contributed by atoms with van der Waals surface area (Å²) in [4.78, 5) is 20.3. The normalized spacial score (nSPS) is 20.0. The van der Waals surface area contributed by atoms with Crippen molar-refractivity contribution in [2.45, 2.75) is 25.1 Å². The predicted molar refractivity (Wildman–Crippen MR) is 215 cm³/mol. The maximum atomic E-state index is 6.55. The van der Waals surface area contributed by atoms with E-state index < -0.39 is 0 Å². The number of rotatable bonds is 6. The molecule has 0 saturated carbocycles. The summed E-state index contributed by atoms with van der Waals surface area (Å²) < 4.78 is 6.55. The second-order valence-electron chi connectivity index (χ2n) is 13.7. The Morgan fingerprint density at radius 2 is 1.28 bits per heavy atom. The maximum absolute atomic E-state index is 6.55. The number of nitrogens with one attached hydrogen (secondary N) is 1. The first-order chi connectivity index (χ1) is 26.2. The molecule has 3 unspecified atom stereocenters. The van der Waals surface area contributed by atoms with Crippen molar-refractivity contribution in [2.24, 2.45) is 20.9 Å². The third-order valence-electron chi connectivity index (χ3n) is 10.4. The summed E-state index contributed by atoms with van der Waals surface area (Å²) in [6, 6.07) is 46.1. The van der Waals surface area contributed by atoms with E-state index in [4.69, 9.17) is 24.7 Å². The smallest absolute Gasteiger partial charge is 0.221 e. The van der Waals surface area contributed by atoms with E-state index in [0.29, 0.717) is 5.90 Å². The number of para-hydroxylation sites is 1. The highest BCUT2D eigenvalue weighted by Gasteiger charge is 2.30. The molecule has 10 rings (SSSR count). The molecule has 0 bridgehead atoms. The average Bonchev–Trinajstić information content (AvgIpc) is 3.69. The number of pyridine rings is 1. The van der Waals surface area contributed by atoms with Crippen LogP contribution in [0.25, 0.3) is 45.1 Å². The maximum Gasteiger partial charge on any atom is 0.221 e. The van der Waals surface area contributed by atoms with Gasteiger partial charge in [0.15, 0.2) is 5.84 Å². The lowest BCUT2D eigenvalue weighted by atomic mass is 9.96. The molecule has 0 saturated heterocycles. The van der Waals surface area contributed by atoms with E-state index in [1.807, 2.05) is 30.3 Å². The van der Waals surface area contributed by atoms with Gasteiger partial charge >= 0.3 is 0 Å². The molecule has 3 heterocycles. The minimum atomic E-state index is -0.131. The Bertz CT molecular complexity index is 2660. The fourth-order valence-corrected chi connectivity index (χ4v) is 7.66. The molecular weight excluding hydrogens is 651 g/mol. The van der Waals surface area contributed by atoms with Gasteiger partial charge in [0.05, 0.1) is 16.9 Å². The Labute approximate surface area is 307 Å². The van der Waals surface area contributed by atoms with Gasteiger partial charge in [0.2, 0.25) is 5.90 Å². The lowest BCUT2D eigenvalue weighted by Gasteiger charge is -2.28. The first-order valence-corrected chi connectivity index (χ1v) is 18.2. The highest BCUT2D eigenvalue weighted by Crippen LogP contribution is 2.30. The Morgan fingerprint density at radius 1 is 0.604 bits per heavy atom. The van der Waals surface area contributed by atoms with Crippen LogP contribution in [0.3, 0.4) is 0 Å². The SMILES string of the molecule is C1=CCC(C2N=C(c3ccccc3)N=C(c3ccc(-c4ccc(C5=NC6=c7c(c(-c8ccccc8)nc8ccccc78)=CCC6O5)cc4)cc3)N2)C=C1. The van der Waals surface area contributed by atoms with Crippen molar-refractivity contribution in [2.75, 3.05) is 0 Å². The molecular formula is C47H35N5O. The largest absolute Gasteiger partial charge is 0.467 e. The Morgan fingerprint density at radius 3 is 2.02 bits per heavy atom. The molecule has 1 N–H and O–H groups in total. The quantitative estimate of drug-likeness (QED) is 0.194. The number of aromatic nitrogens is 1. The van der Waals surface area contributed by atoms with Gasteiger partial charge in [-0.15, -0.1) is 0 Å². The van der Waals surface area contributed by atoms with Crippen LogP contribution < -0.4 is 15.8 Å². The molecule has 0 spiro atoms. The number of hydrogen-bond donors (Lipinski definition) is 1. The zero-order valence-electron chi connectivity index (χ0n) is 28.9. The number of benzene rings is 5. The number of allylic oxidation sites excluding steroid dienone is 3. The summed E-state index contributed by atoms with van der Waals surface area (Å²) >= 11 is 0. The van der Waals surface area contributed by atoms with Gasteiger partial charge in [-0.3, -0.25) is 0 Å². The summed E-state index contributed by atoms with van der Waals surface area (Å²) in [6.45, 7) is 0. The topological polar surface area (TPSA) is 71.2 Å². The average molecular weight is 686 g/mol. The molecule has 2 aliphatic carbocycles. The first-order valence-electron chi connectivity index (χ1n) is 18.2. The third-order valence-corrected chi connectivity index (χ3v) is 10.4. The number of hydrogen-bond acceptors (Lipinski definition) is 6. The summed E-state index contributed by atoms with van der Waals surface area (Å²) in [7, 11) is 0. The lowest BCUT2D eigenvalue weighted by molar-refractivity contribution is 0.267. The van der Waals surface area contributed by atoms with Crippen molar-refractivity contribution < 1.29 is 4.74 Å². The number of aliphatic imine (C=N–C) groups is 3. The second-order valence-corrected chi connectivity index (χ2v) is 13.7. The molecule has 6 aromatic rings. The molecule has 0 amide bonds. The van der Waals surface area contributed by atoms with Crippen LogP contribution in [-0.4, -0.2) is 34.8 Å². The summed E-state index contributed by atoms with van der Waals surface area (Å²) in [6.07, 6.45) is 12.4. The van der Waals surface area contributed by atoms with E-state index in [1.165, 1.54) is 0 Å². The summed E-state index contributed by atoms with van der Waals surface area (Å²) in [5.74, 6) is 2.51. The van der Waals surface area contributed by atoms with Crippen LogP contribution in [0.2, 0.25) is 0 Å². The molecule has 3 atom stereocenters. The van der Waals surface area contributed by atoms with E-state index in [0.717, 1.165) is 90.6 Å². The van der Waals surface area contributed by atoms with Crippen LogP contribution in [0.5, 0.6) is 0 Å². The number of ether oxygens (including phenoxy) is 1. The minimum absolute atomic E-state index is 0.0958. The van der Waals surface area contributed by atoms with Gasteiger partial charge in [-0.2, -0.15) is 0 Å². The van der Waals surface area contributed by atoms with Gasteiger partial charge in [-0.25, -0.2) is 20.0 Å². The van der Waals surface area contributed by atoms with Gasteiger partial charge < -0.3 is 10.1 Å². The lowest BCUT2D eigenvalue weighted by Crippen LogP contribution is -2.43. The van der Waals surface area contributed by atoms with Crippen molar-refractivity contribution in [3.8, 4) is 22.4 Å². The van der Waals surface area contributed by atoms with Crippen molar-refractivity contribution >= 4 is 40.2 Å². The van der Waals surface area contributed by atoms with Crippen LogP contribution in [0.15, 0.2) is 173 Å². The molecule has 0 fully saturated rings. The zero-order valence-corrected chi connectivity index (χ0v) is 28.9. The molecule has 1 aromatic heterocycles. The molecule has 0 radical (unpaired) electrons. The van der Waals surface area contributed by atoms with Crippen molar-refractivity contribution in [3.63, 3.8) is 0 Å². The molecule has 6 heteroatoms. The highest BCUT2D eigenvalue weighted by molar-refractivity contribution is 6.13. The first kappa shape index (κ1) is 31.1. The van der Waals surface area contributed by atoms with Crippen LogP contribution in [0.1, 0.15) is 29.5 Å². The molecule has 2 aliphatic heterocycles.